The van der Waals surface area contributed by atoms with Crippen molar-refractivity contribution in [1.29, 1.82) is 0 Å². The SMILES string of the molecule is Cc1cc(-c2ccccc2)cc(C)c1OCCCc1cc(CCOCCOCO)no1. The van der Waals surface area contributed by atoms with Gasteiger partial charge >= 0.3 is 0 Å². The number of hydrogen-bond donors (Lipinski definition) is 1. The highest BCUT2D eigenvalue weighted by molar-refractivity contribution is 5.67. The molecule has 0 radical (unpaired) electrons. The van der Waals surface area contributed by atoms with Gasteiger partial charge in [-0.05, 0) is 54.7 Å². The first-order chi connectivity index (χ1) is 15.2. The Morgan fingerprint density at radius 3 is 2.32 bits per heavy atom. The summed E-state index contributed by atoms with van der Waals surface area (Å²) in [7, 11) is 0. The Morgan fingerprint density at radius 2 is 1.58 bits per heavy atom. The van der Waals surface area contributed by atoms with E-state index in [9.17, 15) is 0 Å². The summed E-state index contributed by atoms with van der Waals surface area (Å²) in [5, 5.41) is 12.6. The molecule has 0 bridgehead atoms. The molecule has 0 atom stereocenters. The first kappa shape index (κ1) is 23.0. The molecular weight excluding hydrogens is 394 g/mol. The summed E-state index contributed by atoms with van der Waals surface area (Å²) < 4.78 is 21.7. The molecule has 1 N–H and O–H groups in total. The molecule has 0 amide bonds. The van der Waals surface area contributed by atoms with Crippen LogP contribution in [-0.2, 0) is 22.3 Å². The van der Waals surface area contributed by atoms with Crippen molar-refractivity contribution in [2.45, 2.75) is 33.1 Å². The van der Waals surface area contributed by atoms with Crippen LogP contribution < -0.4 is 4.74 Å². The van der Waals surface area contributed by atoms with Crippen molar-refractivity contribution in [2.75, 3.05) is 33.2 Å². The summed E-state index contributed by atoms with van der Waals surface area (Å²) >= 11 is 0. The van der Waals surface area contributed by atoms with Crippen molar-refractivity contribution in [1.82, 2.24) is 5.16 Å². The maximum atomic E-state index is 8.53. The Bertz CT molecular complexity index is 900. The van der Waals surface area contributed by atoms with Gasteiger partial charge in [0.25, 0.3) is 0 Å². The molecule has 3 rings (SSSR count). The van der Waals surface area contributed by atoms with E-state index >= 15 is 0 Å². The number of aliphatic hydroxyl groups is 1. The molecule has 1 aromatic heterocycles. The predicted molar refractivity (Wildman–Crippen MR) is 119 cm³/mol. The lowest BCUT2D eigenvalue weighted by atomic mass is 10.00. The summed E-state index contributed by atoms with van der Waals surface area (Å²) in [4.78, 5) is 0. The van der Waals surface area contributed by atoms with Crippen LogP contribution in [0, 0.1) is 13.8 Å². The summed E-state index contributed by atoms with van der Waals surface area (Å²) in [5.74, 6) is 1.82. The van der Waals surface area contributed by atoms with E-state index in [4.69, 9.17) is 23.8 Å². The molecule has 0 aliphatic heterocycles. The molecule has 0 saturated heterocycles. The number of ether oxygens (including phenoxy) is 3. The maximum Gasteiger partial charge on any atom is 0.143 e. The van der Waals surface area contributed by atoms with Gasteiger partial charge in [-0.15, -0.1) is 0 Å². The van der Waals surface area contributed by atoms with E-state index in [2.05, 4.69) is 55.4 Å². The number of rotatable bonds is 13. The van der Waals surface area contributed by atoms with E-state index in [0.29, 0.717) is 32.8 Å². The number of aliphatic hydroxyl groups excluding tert-OH is 1. The monoisotopic (exact) mass is 425 g/mol. The highest BCUT2D eigenvalue weighted by Crippen LogP contribution is 2.30. The lowest BCUT2D eigenvalue weighted by Crippen LogP contribution is -2.07. The number of aryl methyl sites for hydroxylation is 3. The number of benzene rings is 2. The first-order valence-electron chi connectivity index (χ1n) is 10.7. The molecule has 3 aromatic rings. The topological polar surface area (TPSA) is 74.0 Å². The molecule has 0 fully saturated rings. The zero-order chi connectivity index (χ0) is 21.9. The summed E-state index contributed by atoms with van der Waals surface area (Å²) in [6.07, 6.45) is 2.31. The Morgan fingerprint density at radius 1 is 0.839 bits per heavy atom. The predicted octanol–water partition coefficient (Wildman–Crippen LogP) is 4.50. The molecule has 0 unspecified atom stereocenters. The number of hydrogen-bond acceptors (Lipinski definition) is 6. The lowest BCUT2D eigenvalue weighted by Gasteiger charge is -2.14. The van der Waals surface area contributed by atoms with Gasteiger partial charge in [-0.25, -0.2) is 0 Å². The highest BCUT2D eigenvalue weighted by atomic mass is 16.6. The quantitative estimate of drug-likeness (QED) is 0.321. The molecule has 6 heteroatoms. The molecule has 0 saturated carbocycles. The largest absolute Gasteiger partial charge is 0.493 e. The van der Waals surface area contributed by atoms with Gasteiger partial charge in [-0.1, -0.05) is 35.5 Å². The average molecular weight is 426 g/mol. The summed E-state index contributed by atoms with van der Waals surface area (Å²) in [6, 6.07) is 16.7. The summed E-state index contributed by atoms with van der Waals surface area (Å²) in [6.45, 7) is 5.91. The van der Waals surface area contributed by atoms with Crippen LogP contribution in [0.15, 0.2) is 53.1 Å². The molecule has 0 aliphatic carbocycles. The van der Waals surface area contributed by atoms with E-state index in [1.807, 2.05) is 12.1 Å². The van der Waals surface area contributed by atoms with E-state index in [1.54, 1.807) is 0 Å². The fourth-order valence-corrected chi connectivity index (χ4v) is 3.45. The molecular formula is C25H31NO5. The van der Waals surface area contributed by atoms with Crippen molar-refractivity contribution >= 4 is 0 Å². The Balaban J connectivity index is 1.41. The average Bonchev–Trinajstić information content (AvgIpc) is 3.23. The van der Waals surface area contributed by atoms with Gasteiger partial charge in [0.2, 0.25) is 0 Å². The van der Waals surface area contributed by atoms with Crippen LogP contribution in [0.2, 0.25) is 0 Å². The van der Waals surface area contributed by atoms with Crippen molar-refractivity contribution in [3.05, 3.63) is 71.1 Å². The van der Waals surface area contributed by atoms with Gasteiger partial charge < -0.3 is 23.8 Å². The van der Waals surface area contributed by atoms with Gasteiger partial charge in [0.1, 0.15) is 18.3 Å². The molecule has 2 aromatic carbocycles. The van der Waals surface area contributed by atoms with Crippen LogP contribution in [0.1, 0.15) is 29.0 Å². The van der Waals surface area contributed by atoms with Crippen molar-refractivity contribution < 1.29 is 23.8 Å². The van der Waals surface area contributed by atoms with Gasteiger partial charge in [-0.3, -0.25) is 0 Å². The van der Waals surface area contributed by atoms with E-state index in [0.717, 1.165) is 41.2 Å². The standard InChI is InChI=1S/C25H31NO5/c1-19-15-22(21-7-4-3-5-8-21)16-20(2)25(19)30-11-6-9-24-17-23(26-31-24)10-12-28-13-14-29-18-27/h3-5,7-8,15-17,27H,6,9-14,18H2,1-2H3. The zero-order valence-corrected chi connectivity index (χ0v) is 18.3. The second-order valence-electron chi connectivity index (χ2n) is 7.44. The van der Waals surface area contributed by atoms with Crippen LogP contribution >= 0.6 is 0 Å². The van der Waals surface area contributed by atoms with Gasteiger partial charge in [-0.2, -0.15) is 0 Å². The highest BCUT2D eigenvalue weighted by Gasteiger charge is 2.09. The van der Waals surface area contributed by atoms with Gasteiger partial charge in [0.05, 0.1) is 32.1 Å². The second kappa shape index (κ2) is 12.2. The minimum Gasteiger partial charge on any atom is -0.493 e. The Labute approximate surface area is 183 Å². The smallest absolute Gasteiger partial charge is 0.143 e. The molecule has 0 aliphatic rings. The third-order valence-corrected chi connectivity index (χ3v) is 4.95. The minimum absolute atomic E-state index is 0.280. The first-order valence-corrected chi connectivity index (χ1v) is 10.7. The lowest BCUT2D eigenvalue weighted by molar-refractivity contribution is -0.0288. The van der Waals surface area contributed by atoms with Gasteiger partial charge in [0, 0.05) is 18.9 Å². The van der Waals surface area contributed by atoms with Crippen LogP contribution in [0.25, 0.3) is 11.1 Å². The third kappa shape index (κ3) is 7.21. The van der Waals surface area contributed by atoms with E-state index in [1.165, 1.54) is 11.1 Å². The fraction of sp³-hybridized carbons (Fsp3) is 0.400. The zero-order valence-electron chi connectivity index (χ0n) is 18.3. The van der Waals surface area contributed by atoms with Crippen LogP contribution in [0.3, 0.4) is 0 Å². The third-order valence-electron chi connectivity index (χ3n) is 4.95. The normalized spacial score (nSPS) is 11.1. The maximum absolute atomic E-state index is 8.53. The minimum atomic E-state index is -0.280. The van der Waals surface area contributed by atoms with Crippen LogP contribution in [-0.4, -0.2) is 43.5 Å². The second-order valence-corrected chi connectivity index (χ2v) is 7.44. The van der Waals surface area contributed by atoms with Crippen LogP contribution in [0.5, 0.6) is 5.75 Å². The van der Waals surface area contributed by atoms with E-state index in [-0.39, 0.29) is 6.79 Å². The Hall–Kier alpha value is -2.67. The van der Waals surface area contributed by atoms with Crippen molar-refractivity contribution in [3.63, 3.8) is 0 Å². The molecule has 1 heterocycles. The number of nitrogens with zero attached hydrogens (tertiary/aromatic N) is 1. The molecule has 166 valence electrons. The Kier molecular flexibility index (Phi) is 9.09. The van der Waals surface area contributed by atoms with Crippen molar-refractivity contribution in [3.8, 4) is 16.9 Å². The van der Waals surface area contributed by atoms with Crippen LogP contribution in [0.4, 0.5) is 0 Å². The molecule has 0 spiro atoms. The molecule has 31 heavy (non-hydrogen) atoms. The summed E-state index contributed by atoms with van der Waals surface area (Å²) in [5.41, 5.74) is 5.59. The number of aromatic nitrogens is 1. The molecule has 6 nitrogen and oxygen atoms in total. The van der Waals surface area contributed by atoms with Gasteiger partial charge in [0.15, 0.2) is 0 Å². The van der Waals surface area contributed by atoms with E-state index < -0.39 is 0 Å². The fourth-order valence-electron chi connectivity index (χ4n) is 3.45. The van der Waals surface area contributed by atoms with Crippen molar-refractivity contribution in [2.24, 2.45) is 0 Å².